The van der Waals surface area contributed by atoms with E-state index < -0.39 is 0 Å². The van der Waals surface area contributed by atoms with E-state index in [-0.39, 0.29) is 18.1 Å². The van der Waals surface area contributed by atoms with Crippen LogP contribution in [-0.4, -0.2) is 46.5 Å². The number of aromatic nitrogens is 2. The van der Waals surface area contributed by atoms with E-state index in [1.165, 1.54) is 12.1 Å². The normalized spacial score (nSPS) is 15.2. The quantitative estimate of drug-likeness (QED) is 0.862. The van der Waals surface area contributed by atoms with E-state index in [0.717, 1.165) is 24.6 Å². The van der Waals surface area contributed by atoms with Gasteiger partial charge in [-0.05, 0) is 17.7 Å². The van der Waals surface area contributed by atoms with Gasteiger partial charge in [0.2, 0.25) is 11.9 Å². The van der Waals surface area contributed by atoms with Crippen LogP contribution >= 0.6 is 0 Å². The molecule has 5 nitrogen and oxygen atoms in total. The molecule has 1 aliphatic rings. The van der Waals surface area contributed by atoms with Crippen molar-refractivity contribution in [3.05, 3.63) is 48.0 Å². The van der Waals surface area contributed by atoms with Crippen LogP contribution in [0.3, 0.4) is 0 Å². The summed E-state index contributed by atoms with van der Waals surface area (Å²) < 4.78 is 15.1. The minimum Gasteiger partial charge on any atom is -0.339 e. The molecule has 1 amide bonds. The van der Waals surface area contributed by atoms with Crippen LogP contribution in [0, 0.1) is 5.82 Å². The zero-order chi connectivity index (χ0) is 15.5. The minimum atomic E-state index is -0.301. The highest BCUT2D eigenvalue weighted by molar-refractivity contribution is 5.79. The summed E-state index contributed by atoms with van der Waals surface area (Å²) in [7, 11) is 1.96. The summed E-state index contributed by atoms with van der Waals surface area (Å²) in [6.45, 7) is 2.86. The van der Waals surface area contributed by atoms with Crippen molar-refractivity contribution in [3.8, 4) is 0 Å². The molecule has 0 atom stereocenters. The summed E-state index contributed by atoms with van der Waals surface area (Å²) in [5.41, 5.74) is 0.719. The number of hydrogen-bond acceptors (Lipinski definition) is 3. The summed E-state index contributed by atoms with van der Waals surface area (Å²) in [6.07, 6.45) is 3.94. The number of benzene rings is 1. The molecule has 0 N–H and O–H groups in total. The Balaban J connectivity index is 1.57. The van der Waals surface area contributed by atoms with Crippen molar-refractivity contribution in [2.45, 2.75) is 6.42 Å². The zero-order valence-electron chi connectivity index (χ0n) is 12.6. The average Bonchev–Trinajstić information content (AvgIpc) is 2.93. The average molecular weight is 302 g/mol. The van der Waals surface area contributed by atoms with Gasteiger partial charge in [0.05, 0.1) is 6.42 Å². The molecular weight excluding hydrogens is 283 g/mol. The summed E-state index contributed by atoms with van der Waals surface area (Å²) in [4.78, 5) is 20.6. The SMILES string of the molecule is Cn1ccnc1N1CCN(C(=O)Cc2cccc(F)c2)CC1. The lowest BCUT2D eigenvalue weighted by Crippen LogP contribution is -2.49. The van der Waals surface area contributed by atoms with Gasteiger partial charge in [0, 0.05) is 45.6 Å². The molecule has 1 aromatic heterocycles. The predicted octanol–water partition coefficient (Wildman–Crippen LogP) is 1.45. The molecule has 22 heavy (non-hydrogen) atoms. The van der Waals surface area contributed by atoms with Gasteiger partial charge in [-0.15, -0.1) is 0 Å². The lowest BCUT2D eigenvalue weighted by molar-refractivity contribution is -0.130. The van der Waals surface area contributed by atoms with Crippen LogP contribution in [0.1, 0.15) is 5.56 Å². The standard InChI is InChI=1S/C16H19FN4O/c1-19-6-5-18-16(19)21-9-7-20(8-10-21)15(22)12-13-3-2-4-14(17)11-13/h2-6,11H,7-10,12H2,1H3. The van der Waals surface area contributed by atoms with Crippen LogP contribution in [0.15, 0.2) is 36.7 Å². The third kappa shape index (κ3) is 3.10. The van der Waals surface area contributed by atoms with Crippen LogP contribution in [0.4, 0.5) is 10.3 Å². The number of carbonyl (C=O) groups is 1. The van der Waals surface area contributed by atoms with Gasteiger partial charge in [-0.1, -0.05) is 12.1 Å². The van der Waals surface area contributed by atoms with Gasteiger partial charge < -0.3 is 14.4 Å². The Morgan fingerprint density at radius 2 is 2.05 bits per heavy atom. The van der Waals surface area contributed by atoms with Gasteiger partial charge in [-0.25, -0.2) is 9.37 Å². The van der Waals surface area contributed by atoms with Gasteiger partial charge >= 0.3 is 0 Å². The predicted molar refractivity (Wildman–Crippen MR) is 82.1 cm³/mol. The molecule has 2 aromatic rings. The van der Waals surface area contributed by atoms with Crippen LogP contribution in [0.25, 0.3) is 0 Å². The Labute approximate surface area is 129 Å². The monoisotopic (exact) mass is 302 g/mol. The number of rotatable bonds is 3. The first-order valence-electron chi connectivity index (χ1n) is 7.38. The molecule has 1 saturated heterocycles. The van der Waals surface area contributed by atoms with Crippen LogP contribution < -0.4 is 4.90 Å². The lowest BCUT2D eigenvalue weighted by Gasteiger charge is -2.35. The molecule has 1 fully saturated rings. The number of anilines is 1. The largest absolute Gasteiger partial charge is 0.339 e. The molecule has 6 heteroatoms. The number of nitrogens with zero attached hydrogens (tertiary/aromatic N) is 4. The van der Waals surface area contributed by atoms with Crippen LogP contribution in [0.5, 0.6) is 0 Å². The van der Waals surface area contributed by atoms with Crippen molar-refractivity contribution < 1.29 is 9.18 Å². The Morgan fingerprint density at radius 1 is 1.27 bits per heavy atom. The van der Waals surface area contributed by atoms with E-state index in [2.05, 4.69) is 9.88 Å². The smallest absolute Gasteiger partial charge is 0.227 e. The number of aryl methyl sites for hydroxylation is 1. The van der Waals surface area contributed by atoms with Crippen molar-refractivity contribution in [1.29, 1.82) is 0 Å². The van der Waals surface area contributed by atoms with Gasteiger partial charge in [0.1, 0.15) is 5.82 Å². The highest BCUT2D eigenvalue weighted by atomic mass is 19.1. The van der Waals surface area contributed by atoms with E-state index in [1.54, 1.807) is 18.3 Å². The summed E-state index contributed by atoms with van der Waals surface area (Å²) in [5, 5.41) is 0. The maximum Gasteiger partial charge on any atom is 0.227 e. The second-order valence-electron chi connectivity index (χ2n) is 5.51. The van der Waals surface area contributed by atoms with Crippen LogP contribution in [0.2, 0.25) is 0 Å². The maximum absolute atomic E-state index is 13.2. The van der Waals surface area contributed by atoms with Crippen molar-refractivity contribution in [1.82, 2.24) is 14.5 Å². The molecule has 0 bridgehead atoms. The molecule has 0 unspecified atom stereocenters. The summed E-state index contributed by atoms with van der Waals surface area (Å²) in [5.74, 6) is 0.673. The topological polar surface area (TPSA) is 41.4 Å². The van der Waals surface area contributed by atoms with Gasteiger partial charge in [-0.3, -0.25) is 4.79 Å². The Kier molecular flexibility index (Phi) is 4.09. The second-order valence-corrected chi connectivity index (χ2v) is 5.51. The van der Waals surface area contributed by atoms with E-state index in [4.69, 9.17) is 0 Å². The number of hydrogen-bond donors (Lipinski definition) is 0. The number of carbonyl (C=O) groups excluding carboxylic acids is 1. The number of piperazine rings is 1. The fourth-order valence-electron chi connectivity index (χ4n) is 2.75. The Hall–Kier alpha value is -2.37. The zero-order valence-corrected chi connectivity index (χ0v) is 12.6. The Morgan fingerprint density at radius 3 is 2.68 bits per heavy atom. The number of halogens is 1. The van der Waals surface area contributed by atoms with Gasteiger partial charge in [0.25, 0.3) is 0 Å². The number of amides is 1. The van der Waals surface area contributed by atoms with Crippen molar-refractivity contribution in [2.24, 2.45) is 7.05 Å². The summed E-state index contributed by atoms with van der Waals surface area (Å²) >= 11 is 0. The van der Waals surface area contributed by atoms with Crippen molar-refractivity contribution >= 4 is 11.9 Å². The molecule has 0 saturated carbocycles. The Bertz CT molecular complexity index is 662. The van der Waals surface area contributed by atoms with Crippen molar-refractivity contribution in [3.63, 3.8) is 0 Å². The molecule has 2 heterocycles. The second kappa shape index (κ2) is 6.17. The molecule has 1 aliphatic heterocycles. The molecule has 116 valence electrons. The van der Waals surface area contributed by atoms with Crippen molar-refractivity contribution in [2.75, 3.05) is 31.1 Å². The van der Waals surface area contributed by atoms with Gasteiger partial charge in [0.15, 0.2) is 0 Å². The molecule has 0 spiro atoms. The van der Waals surface area contributed by atoms with Crippen LogP contribution in [-0.2, 0) is 18.3 Å². The first kappa shape index (κ1) is 14.6. The lowest BCUT2D eigenvalue weighted by atomic mass is 10.1. The van der Waals surface area contributed by atoms with E-state index in [0.29, 0.717) is 13.1 Å². The molecule has 3 rings (SSSR count). The van der Waals surface area contributed by atoms with E-state index in [9.17, 15) is 9.18 Å². The fourth-order valence-corrected chi connectivity index (χ4v) is 2.75. The van der Waals surface area contributed by atoms with E-state index in [1.807, 2.05) is 22.7 Å². The molecule has 1 aromatic carbocycles. The molecule has 0 radical (unpaired) electrons. The van der Waals surface area contributed by atoms with E-state index >= 15 is 0 Å². The maximum atomic E-state index is 13.2. The number of imidazole rings is 1. The van der Waals surface area contributed by atoms with Gasteiger partial charge in [-0.2, -0.15) is 0 Å². The summed E-state index contributed by atoms with van der Waals surface area (Å²) in [6, 6.07) is 6.23. The first-order chi connectivity index (χ1) is 10.6. The minimum absolute atomic E-state index is 0.0464. The molecule has 0 aliphatic carbocycles. The third-order valence-electron chi connectivity index (χ3n) is 3.96. The first-order valence-corrected chi connectivity index (χ1v) is 7.38. The fraction of sp³-hybridized carbons (Fsp3) is 0.375. The third-order valence-corrected chi connectivity index (χ3v) is 3.96. The molecular formula is C16H19FN4O. The highest BCUT2D eigenvalue weighted by Gasteiger charge is 2.23. The highest BCUT2D eigenvalue weighted by Crippen LogP contribution is 2.14.